The molecule has 0 N–H and O–H groups in total. The number of halogens is 2. The van der Waals surface area contributed by atoms with Gasteiger partial charge in [-0.3, -0.25) is 4.79 Å². The minimum absolute atomic E-state index is 0.0433. The second-order valence-electron chi connectivity index (χ2n) is 4.60. The van der Waals surface area contributed by atoms with Crippen molar-refractivity contribution in [1.82, 2.24) is 4.90 Å². The second kappa shape index (κ2) is 7.02. The van der Waals surface area contributed by atoms with Crippen molar-refractivity contribution >= 4 is 59.4 Å². The molecule has 1 aromatic carbocycles. The zero-order chi connectivity index (χ0) is 15.6. The number of nitrogens with zero attached hydrogens (tertiary/aromatic N) is 1. The lowest BCUT2D eigenvalue weighted by atomic mass is 10.2. The molecule has 116 valence electrons. The lowest BCUT2D eigenvalue weighted by molar-refractivity contribution is 0.0748. The van der Waals surface area contributed by atoms with Crippen LogP contribution in [0, 0.1) is 0 Å². The van der Waals surface area contributed by atoms with Gasteiger partial charge < -0.3 is 4.90 Å². The Hall–Kier alpha value is -0.0500. The highest BCUT2D eigenvalue weighted by Gasteiger charge is 2.36. The average Bonchev–Trinajstić information content (AvgIpc) is 2.49. The fourth-order valence-electron chi connectivity index (χ4n) is 2.12. The predicted octanol–water partition coefficient (Wildman–Crippen LogP) is 3.16. The third-order valence-corrected chi connectivity index (χ3v) is 7.79. The zero-order valence-electron chi connectivity index (χ0n) is 11.4. The number of benzene rings is 1. The highest BCUT2D eigenvalue weighted by molar-refractivity contribution is 9.11. The van der Waals surface area contributed by atoms with Crippen molar-refractivity contribution in [3.05, 3.63) is 32.7 Å². The van der Waals surface area contributed by atoms with Gasteiger partial charge in [0.25, 0.3) is 5.91 Å². The molecule has 0 bridgehead atoms. The van der Waals surface area contributed by atoms with Gasteiger partial charge >= 0.3 is 0 Å². The van der Waals surface area contributed by atoms with Gasteiger partial charge in [0.05, 0.1) is 5.56 Å². The highest BCUT2D eigenvalue weighted by Crippen LogP contribution is 2.27. The molecule has 21 heavy (non-hydrogen) atoms. The number of hydrogen-bond donors (Lipinski definition) is 0. The van der Waals surface area contributed by atoms with Crippen LogP contribution in [0.3, 0.4) is 0 Å². The van der Waals surface area contributed by atoms with Gasteiger partial charge in [0.2, 0.25) is 0 Å². The fourth-order valence-corrected chi connectivity index (χ4v) is 5.86. The summed E-state index contributed by atoms with van der Waals surface area (Å²) >= 11 is 8.28. The Bertz CT molecular complexity index is 649. The number of rotatable bonds is 3. The molecule has 1 atom stereocenters. The molecule has 0 radical (unpaired) electrons. The first-order valence-electron chi connectivity index (χ1n) is 6.42. The molecule has 4 nitrogen and oxygen atoms in total. The van der Waals surface area contributed by atoms with E-state index in [9.17, 15) is 13.2 Å². The standard InChI is InChI=1S/C13H15Br2NO3S2/c1-2-21(18,19)12-8-20-6-5-16(12)13(17)10-7-9(14)3-4-11(10)15/h3-4,7,12H,2,5-6,8H2,1H3. The molecule has 1 aliphatic heterocycles. The molecule has 2 rings (SSSR count). The Morgan fingerprint density at radius 2 is 2.14 bits per heavy atom. The minimum Gasteiger partial charge on any atom is -0.320 e. The predicted molar refractivity (Wildman–Crippen MR) is 93.5 cm³/mol. The third-order valence-electron chi connectivity index (χ3n) is 3.32. The zero-order valence-corrected chi connectivity index (χ0v) is 16.2. The molecule has 0 aromatic heterocycles. The van der Waals surface area contributed by atoms with Crippen LogP contribution in [0.25, 0.3) is 0 Å². The summed E-state index contributed by atoms with van der Waals surface area (Å²) < 4.78 is 25.9. The molecular formula is C13H15Br2NO3S2. The molecule has 1 aliphatic rings. The first kappa shape index (κ1) is 17.3. The summed E-state index contributed by atoms with van der Waals surface area (Å²) in [7, 11) is -3.29. The molecule has 1 unspecified atom stereocenters. The summed E-state index contributed by atoms with van der Waals surface area (Å²) in [6, 6.07) is 5.32. The molecule has 1 fully saturated rings. The van der Waals surface area contributed by atoms with Crippen LogP contribution in [0.15, 0.2) is 27.1 Å². The van der Waals surface area contributed by atoms with E-state index < -0.39 is 15.2 Å². The average molecular weight is 457 g/mol. The smallest absolute Gasteiger partial charge is 0.256 e. The van der Waals surface area contributed by atoms with Crippen LogP contribution in [0.4, 0.5) is 0 Å². The first-order valence-corrected chi connectivity index (χ1v) is 10.9. The van der Waals surface area contributed by atoms with Gasteiger partial charge in [-0.05, 0) is 34.1 Å². The van der Waals surface area contributed by atoms with Crippen LogP contribution in [0.5, 0.6) is 0 Å². The van der Waals surface area contributed by atoms with E-state index in [0.29, 0.717) is 22.3 Å². The summed E-state index contributed by atoms with van der Waals surface area (Å²) in [4.78, 5) is 14.2. The Labute approximate surface area is 145 Å². The summed E-state index contributed by atoms with van der Waals surface area (Å²) in [5.41, 5.74) is 0.479. The molecule has 0 saturated carbocycles. The van der Waals surface area contributed by atoms with Crippen LogP contribution in [-0.4, -0.2) is 48.4 Å². The Balaban J connectivity index is 2.37. The van der Waals surface area contributed by atoms with Crippen molar-refractivity contribution in [3.8, 4) is 0 Å². The summed E-state index contributed by atoms with van der Waals surface area (Å²) in [5, 5.41) is -0.736. The van der Waals surface area contributed by atoms with E-state index in [2.05, 4.69) is 31.9 Å². The van der Waals surface area contributed by atoms with Gasteiger partial charge in [0, 0.05) is 32.7 Å². The Kier molecular flexibility index (Phi) is 5.78. The minimum atomic E-state index is -3.29. The van der Waals surface area contributed by atoms with Crippen LogP contribution in [-0.2, 0) is 9.84 Å². The van der Waals surface area contributed by atoms with Gasteiger partial charge in [-0.1, -0.05) is 22.9 Å². The normalized spacial score (nSPS) is 19.6. The number of amides is 1. The van der Waals surface area contributed by atoms with E-state index in [1.165, 1.54) is 4.90 Å². The van der Waals surface area contributed by atoms with Crippen LogP contribution < -0.4 is 0 Å². The summed E-state index contributed by atoms with van der Waals surface area (Å²) in [6.07, 6.45) is 0. The van der Waals surface area contributed by atoms with E-state index in [4.69, 9.17) is 0 Å². The van der Waals surface area contributed by atoms with E-state index in [1.807, 2.05) is 6.07 Å². The number of hydrogen-bond acceptors (Lipinski definition) is 4. The summed E-state index contributed by atoms with van der Waals surface area (Å²) in [6.45, 7) is 2.07. The number of sulfone groups is 1. The monoisotopic (exact) mass is 455 g/mol. The van der Waals surface area contributed by atoms with Crippen molar-refractivity contribution in [2.24, 2.45) is 0 Å². The maximum atomic E-state index is 12.7. The van der Waals surface area contributed by atoms with E-state index in [1.54, 1.807) is 30.8 Å². The van der Waals surface area contributed by atoms with Gasteiger partial charge in [0.1, 0.15) is 5.37 Å². The molecule has 8 heteroatoms. The lowest BCUT2D eigenvalue weighted by Gasteiger charge is -2.35. The van der Waals surface area contributed by atoms with Crippen LogP contribution in [0.2, 0.25) is 0 Å². The SMILES string of the molecule is CCS(=O)(=O)C1CSCCN1C(=O)c1cc(Br)ccc1Br. The second-order valence-corrected chi connectivity index (χ2v) is 9.97. The first-order chi connectivity index (χ1) is 9.86. The molecule has 0 spiro atoms. The van der Waals surface area contributed by atoms with Crippen LogP contribution in [0.1, 0.15) is 17.3 Å². The molecule has 1 heterocycles. The summed E-state index contributed by atoms with van der Waals surface area (Å²) in [5.74, 6) is 0.993. The maximum Gasteiger partial charge on any atom is 0.256 e. The quantitative estimate of drug-likeness (QED) is 0.700. The molecule has 1 aromatic rings. The molecule has 1 amide bonds. The Morgan fingerprint density at radius 1 is 1.43 bits per heavy atom. The Morgan fingerprint density at radius 3 is 2.81 bits per heavy atom. The highest BCUT2D eigenvalue weighted by atomic mass is 79.9. The van der Waals surface area contributed by atoms with E-state index in [0.717, 1.165) is 10.2 Å². The lowest BCUT2D eigenvalue weighted by Crippen LogP contribution is -2.50. The van der Waals surface area contributed by atoms with Crippen LogP contribution >= 0.6 is 43.6 Å². The largest absolute Gasteiger partial charge is 0.320 e. The van der Waals surface area contributed by atoms with Crippen molar-refractivity contribution < 1.29 is 13.2 Å². The number of carbonyl (C=O) groups is 1. The maximum absolute atomic E-state index is 12.7. The van der Waals surface area contributed by atoms with Crippen molar-refractivity contribution in [1.29, 1.82) is 0 Å². The van der Waals surface area contributed by atoms with Crippen molar-refractivity contribution in [2.75, 3.05) is 23.8 Å². The van der Waals surface area contributed by atoms with Gasteiger partial charge in [0.15, 0.2) is 9.84 Å². The van der Waals surface area contributed by atoms with Crippen molar-refractivity contribution in [3.63, 3.8) is 0 Å². The van der Waals surface area contributed by atoms with Crippen molar-refractivity contribution in [2.45, 2.75) is 12.3 Å². The van der Waals surface area contributed by atoms with Gasteiger partial charge in [-0.25, -0.2) is 8.42 Å². The van der Waals surface area contributed by atoms with E-state index >= 15 is 0 Å². The topological polar surface area (TPSA) is 54.5 Å². The molecular weight excluding hydrogens is 442 g/mol. The van der Waals surface area contributed by atoms with Gasteiger partial charge in [-0.15, -0.1) is 0 Å². The van der Waals surface area contributed by atoms with E-state index in [-0.39, 0.29) is 11.7 Å². The molecule has 1 saturated heterocycles. The third kappa shape index (κ3) is 3.83. The number of carbonyl (C=O) groups excluding carboxylic acids is 1. The molecule has 0 aliphatic carbocycles. The van der Waals surface area contributed by atoms with Gasteiger partial charge in [-0.2, -0.15) is 11.8 Å². The number of thioether (sulfide) groups is 1. The fraction of sp³-hybridized carbons (Fsp3) is 0.462.